The third-order valence-electron chi connectivity index (χ3n) is 3.54. The second kappa shape index (κ2) is 5.64. The maximum absolute atomic E-state index is 12.7. The zero-order valence-corrected chi connectivity index (χ0v) is 11.0. The Hall–Kier alpha value is -2.23. The number of benzene rings is 1. The van der Waals surface area contributed by atoms with Crippen LogP contribution in [0.5, 0.6) is 0 Å². The van der Waals surface area contributed by atoms with Crippen LogP contribution in [0.1, 0.15) is 24.0 Å². The molecule has 112 valence electrons. The summed E-state index contributed by atoms with van der Waals surface area (Å²) in [4.78, 5) is 12.5. The first-order valence-electron chi connectivity index (χ1n) is 6.39. The Morgan fingerprint density at radius 2 is 2.19 bits per heavy atom. The van der Waals surface area contributed by atoms with Gasteiger partial charge in [0.1, 0.15) is 0 Å². The Labute approximate surface area is 119 Å². The molecule has 21 heavy (non-hydrogen) atoms. The Morgan fingerprint density at radius 1 is 1.48 bits per heavy atom. The molecule has 1 heterocycles. The van der Waals surface area contributed by atoms with E-state index in [1.807, 2.05) is 4.90 Å². The number of halogens is 3. The van der Waals surface area contributed by atoms with Gasteiger partial charge in [-0.25, -0.2) is 0 Å². The standard InChI is InChI=1S/C14H13F3N2O2/c15-14(16,17)12-2-1-11(6-10(12)7-18)19-4-3-9(8-19)5-13(20)21/h1-2,6,9H,3-5,8H2,(H,20,21). The molecule has 0 spiro atoms. The van der Waals surface area contributed by atoms with Crippen LogP contribution < -0.4 is 4.90 Å². The molecule has 0 bridgehead atoms. The van der Waals surface area contributed by atoms with Crippen LogP contribution >= 0.6 is 0 Å². The van der Waals surface area contributed by atoms with Crippen molar-refractivity contribution >= 4 is 11.7 Å². The number of nitriles is 1. The SMILES string of the molecule is N#Cc1cc(N2CCC(CC(=O)O)C2)ccc1C(F)(F)F. The van der Waals surface area contributed by atoms with Gasteiger partial charge in [0.25, 0.3) is 0 Å². The Kier molecular flexibility index (Phi) is 4.07. The number of carboxylic acid groups (broad SMARTS) is 1. The number of alkyl halides is 3. The number of hydrogen-bond acceptors (Lipinski definition) is 3. The van der Waals surface area contributed by atoms with Gasteiger partial charge in [-0.3, -0.25) is 4.79 Å². The molecule has 1 unspecified atom stereocenters. The lowest BCUT2D eigenvalue weighted by Gasteiger charge is -2.20. The highest BCUT2D eigenvalue weighted by atomic mass is 19.4. The lowest BCUT2D eigenvalue weighted by molar-refractivity contribution is -0.138. The van der Waals surface area contributed by atoms with Crippen molar-refractivity contribution < 1.29 is 23.1 Å². The van der Waals surface area contributed by atoms with Crippen molar-refractivity contribution in [2.75, 3.05) is 18.0 Å². The largest absolute Gasteiger partial charge is 0.481 e. The number of nitrogens with zero attached hydrogens (tertiary/aromatic N) is 2. The van der Waals surface area contributed by atoms with Crippen molar-refractivity contribution in [3.05, 3.63) is 29.3 Å². The first-order valence-corrected chi connectivity index (χ1v) is 6.39. The maximum Gasteiger partial charge on any atom is 0.417 e. The lowest BCUT2D eigenvalue weighted by atomic mass is 10.1. The molecule has 2 rings (SSSR count). The molecule has 1 N–H and O–H groups in total. The first kappa shape index (κ1) is 15.2. The quantitative estimate of drug-likeness (QED) is 0.932. The second-order valence-corrected chi connectivity index (χ2v) is 5.04. The third kappa shape index (κ3) is 3.45. The lowest BCUT2D eigenvalue weighted by Crippen LogP contribution is -2.21. The fourth-order valence-corrected chi connectivity index (χ4v) is 2.55. The minimum atomic E-state index is -4.56. The van der Waals surface area contributed by atoms with Gasteiger partial charge < -0.3 is 10.0 Å². The molecule has 7 heteroatoms. The van der Waals surface area contributed by atoms with E-state index in [0.29, 0.717) is 25.2 Å². The fraction of sp³-hybridized carbons (Fsp3) is 0.429. The van der Waals surface area contributed by atoms with Crippen LogP contribution in [-0.2, 0) is 11.0 Å². The number of carboxylic acids is 1. The zero-order valence-electron chi connectivity index (χ0n) is 11.0. The fourth-order valence-electron chi connectivity index (χ4n) is 2.55. The highest BCUT2D eigenvalue weighted by Gasteiger charge is 2.34. The van der Waals surface area contributed by atoms with Crippen LogP contribution in [0.15, 0.2) is 18.2 Å². The predicted molar refractivity (Wildman–Crippen MR) is 68.7 cm³/mol. The van der Waals surface area contributed by atoms with E-state index in [1.165, 1.54) is 12.1 Å². The van der Waals surface area contributed by atoms with Crippen LogP contribution in [0.3, 0.4) is 0 Å². The minimum absolute atomic E-state index is 0.0182. The van der Waals surface area contributed by atoms with Crippen molar-refractivity contribution in [1.29, 1.82) is 5.26 Å². The molecule has 4 nitrogen and oxygen atoms in total. The van der Waals surface area contributed by atoms with Crippen molar-refractivity contribution in [2.45, 2.75) is 19.0 Å². The predicted octanol–water partition coefficient (Wildman–Crippen LogP) is 2.88. The average Bonchev–Trinajstić information content (AvgIpc) is 2.84. The second-order valence-electron chi connectivity index (χ2n) is 5.04. The summed E-state index contributed by atoms with van der Waals surface area (Å²) in [6.07, 6.45) is -3.84. The Bertz CT molecular complexity index is 593. The molecular formula is C14H13F3N2O2. The first-order chi connectivity index (χ1) is 9.81. The van der Waals surface area contributed by atoms with E-state index in [4.69, 9.17) is 10.4 Å². The minimum Gasteiger partial charge on any atom is -0.481 e. The molecule has 1 aromatic carbocycles. The van der Waals surface area contributed by atoms with Crippen LogP contribution in [-0.4, -0.2) is 24.2 Å². The van der Waals surface area contributed by atoms with E-state index < -0.39 is 23.3 Å². The summed E-state index contributed by atoms with van der Waals surface area (Å²) in [7, 11) is 0. The number of aliphatic carboxylic acids is 1. The molecule has 1 saturated heterocycles. The van der Waals surface area contributed by atoms with Crippen molar-refractivity contribution in [3.8, 4) is 6.07 Å². The monoisotopic (exact) mass is 298 g/mol. The molecule has 0 saturated carbocycles. The van der Waals surface area contributed by atoms with Crippen LogP contribution in [0.25, 0.3) is 0 Å². The van der Waals surface area contributed by atoms with E-state index in [-0.39, 0.29) is 12.3 Å². The zero-order chi connectivity index (χ0) is 15.6. The van der Waals surface area contributed by atoms with Crippen molar-refractivity contribution in [3.63, 3.8) is 0 Å². The van der Waals surface area contributed by atoms with Gasteiger partial charge in [-0.2, -0.15) is 18.4 Å². The summed E-state index contributed by atoms with van der Waals surface area (Å²) in [5, 5.41) is 17.6. The molecule has 1 aromatic rings. The summed E-state index contributed by atoms with van der Waals surface area (Å²) < 4.78 is 38.2. The van der Waals surface area contributed by atoms with Gasteiger partial charge in [-0.15, -0.1) is 0 Å². The average molecular weight is 298 g/mol. The number of carbonyl (C=O) groups is 1. The smallest absolute Gasteiger partial charge is 0.417 e. The van der Waals surface area contributed by atoms with Gasteiger partial charge in [0.15, 0.2) is 0 Å². The highest BCUT2D eigenvalue weighted by molar-refractivity contribution is 5.67. The summed E-state index contributed by atoms with van der Waals surface area (Å²) >= 11 is 0. The van der Waals surface area contributed by atoms with Crippen LogP contribution in [0, 0.1) is 17.2 Å². The summed E-state index contributed by atoms with van der Waals surface area (Å²) in [6, 6.07) is 5.01. The van der Waals surface area contributed by atoms with Crippen molar-refractivity contribution in [2.24, 2.45) is 5.92 Å². The van der Waals surface area contributed by atoms with Gasteiger partial charge in [-0.1, -0.05) is 0 Å². The normalized spacial score (nSPS) is 18.6. The number of rotatable bonds is 3. The van der Waals surface area contributed by atoms with Gasteiger partial charge in [0.2, 0.25) is 0 Å². The topological polar surface area (TPSA) is 64.3 Å². The molecule has 1 aliphatic heterocycles. The van der Waals surface area contributed by atoms with Crippen LogP contribution in [0.4, 0.5) is 18.9 Å². The van der Waals surface area contributed by atoms with Crippen LogP contribution in [0.2, 0.25) is 0 Å². The molecular weight excluding hydrogens is 285 g/mol. The summed E-state index contributed by atoms with van der Waals surface area (Å²) in [6.45, 7) is 1.05. The number of hydrogen-bond donors (Lipinski definition) is 1. The number of anilines is 1. The highest BCUT2D eigenvalue weighted by Crippen LogP contribution is 2.35. The third-order valence-corrected chi connectivity index (χ3v) is 3.54. The molecule has 0 aliphatic carbocycles. The Morgan fingerprint density at radius 3 is 2.76 bits per heavy atom. The molecule has 1 fully saturated rings. The molecule has 0 amide bonds. The Balaban J connectivity index is 2.20. The maximum atomic E-state index is 12.7. The molecule has 1 atom stereocenters. The van der Waals surface area contributed by atoms with Crippen molar-refractivity contribution in [1.82, 2.24) is 0 Å². The van der Waals surface area contributed by atoms with Gasteiger partial charge in [0.05, 0.1) is 17.2 Å². The molecule has 0 aromatic heterocycles. The van der Waals surface area contributed by atoms with E-state index in [1.54, 1.807) is 6.07 Å². The van der Waals surface area contributed by atoms with E-state index in [2.05, 4.69) is 0 Å². The van der Waals surface area contributed by atoms with Gasteiger partial charge in [-0.05, 0) is 30.5 Å². The molecule has 0 radical (unpaired) electrons. The van der Waals surface area contributed by atoms with Gasteiger partial charge in [0, 0.05) is 25.2 Å². The van der Waals surface area contributed by atoms with E-state index in [0.717, 1.165) is 6.07 Å². The van der Waals surface area contributed by atoms with E-state index >= 15 is 0 Å². The summed E-state index contributed by atoms with van der Waals surface area (Å²) in [5.41, 5.74) is -0.843. The van der Waals surface area contributed by atoms with Gasteiger partial charge >= 0.3 is 12.1 Å². The molecule has 1 aliphatic rings. The van der Waals surface area contributed by atoms with E-state index in [9.17, 15) is 18.0 Å². The summed E-state index contributed by atoms with van der Waals surface area (Å²) in [5.74, 6) is -0.901.